The number of carbonyl (C=O) groups is 2. The molecule has 0 spiro atoms. The minimum atomic E-state index is -4.71. The monoisotopic (exact) mass is 634 g/mol. The highest BCUT2D eigenvalue weighted by atomic mass is 32.2. The lowest BCUT2D eigenvalue weighted by Crippen LogP contribution is -2.42. The number of amides is 2. The molecule has 2 aliphatic heterocycles. The lowest BCUT2D eigenvalue weighted by atomic mass is 9.68. The highest BCUT2D eigenvalue weighted by molar-refractivity contribution is 8.00. The summed E-state index contributed by atoms with van der Waals surface area (Å²) in [4.78, 5) is 44.9. The number of para-hydroxylation sites is 1. The maximum atomic E-state index is 14.0. The number of halogens is 3. The average Bonchev–Trinajstić information content (AvgIpc) is 3.75. The van der Waals surface area contributed by atoms with Gasteiger partial charge >= 0.3 is 11.0 Å². The van der Waals surface area contributed by atoms with Crippen LogP contribution in [0.5, 0.6) is 5.75 Å². The molecule has 7 atom stereocenters. The molecule has 1 aromatic heterocycles. The fourth-order valence-electron chi connectivity index (χ4n) is 8.07. The molecule has 4 aromatic rings. The Bertz CT molecular complexity index is 1860. The normalized spacial score (nSPS) is 28.6. The summed E-state index contributed by atoms with van der Waals surface area (Å²) in [6.07, 6.45) is -4.07. The van der Waals surface area contributed by atoms with E-state index in [0.717, 1.165) is 43.3 Å². The molecule has 1 N–H and O–H groups in total. The lowest BCUT2D eigenvalue weighted by molar-refractivity contribution is -0.137. The summed E-state index contributed by atoms with van der Waals surface area (Å²) in [6.45, 7) is 0.389. The maximum Gasteiger partial charge on any atom is 0.418 e. The molecule has 11 heteroatoms. The van der Waals surface area contributed by atoms with E-state index < -0.39 is 41.1 Å². The quantitative estimate of drug-likeness (QED) is 0.247. The van der Waals surface area contributed by atoms with Crippen LogP contribution < -0.4 is 14.5 Å². The minimum Gasteiger partial charge on any atom is -0.489 e. The zero-order valence-corrected chi connectivity index (χ0v) is 24.6. The standard InChI is InChI=1S/C33H25F3N2O4S2/c34-33(35,36)21-11-4-5-12-22(21)38-30(39)25-19-14-20(26(25)31(38)40)27-24(19)23(28-29(43-27)37-32(41)44-28)17-9-6-10-18(13-17)42-15-16-7-2-1-3-8-16/h1-13,19-20,23-27H,14-15H2,(H,37,41)/t19-,20-,23+,24+,25+,26+,27-/m1/s1. The molecule has 3 heterocycles. The first-order valence-electron chi connectivity index (χ1n) is 14.4. The number of hydrogen-bond donors (Lipinski definition) is 1. The minimum absolute atomic E-state index is 0.0764. The second kappa shape index (κ2) is 10.1. The summed E-state index contributed by atoms with van der Waals surface area (Å²) in [6, 6.07) is 22.4. The van der Waals surface area contributed by atoms with Gasteiger partial charge in [0.05, 0.1) is 28.1 Å². The molecule has 2 aliphatic carbocycles. The third-order valence-electron chi connectivity index (χ3n) is 9.64. The van der Waals surface area contributed by atoms with Crippen molar-refractivity contribution in [1.82, 2.24) is 4.98 Å². The van der Waals surface area contributed by atoms with Crippen molar-refractivity contribution < 1.29 is 27.5 Å². The third-order valence-corrected chi connectivity index (χ3v) is 12.2. The first kappa shape index (κ1) is 27.7. The maximum absolute atomic E-state index is 14.0. The van der Waals surface area contributed by atoms with Crippen LogP contribution in [0.3, 0.4) is 0 Å². The van der Waals surface area contributed by atoms with Crippen LogP contribution in [0, 0.1) is 29.6 Å². The fourth-order valence-corrected chi connectivity index (χ4v) is 11.0. The number of anilines is 1. The number of aromatic amines is 1. The molecule has 1 saturated heterocycles. The molecular weight excluding hydrogens is 610 g/mol. The Balaban J connectivity index is 1.16. The zero-order chi connectivity index (χ0) is 30.3. The summed E-state index contributed by atoms with van der Waals surface area (Å²) in [5.74, 6) is -2.54. The molecule has 224 valence electrons. The van der Waals surface area contributed by atoms with Gasteiger partial charge in [0.15, 0.2) is 0 Å². The topological polar surface area (TPSA) is 79.5 Å². The first-order chi connectivity index (χ1) is 21.2. The number of thioether (sulfide) groups is 1. The second-order valence-electron chi connectivity index (χ2n) is 11.8. The zero-order valence-electron chi connectivity index (χ0n) is 23.0. The van der Waals surface area contributed by atoms with Crippen LogP contribution in [0.15, 0.2) is 88.7 Å². The van der Waals surface area contributed by atoms with E-state index in [0.29, 0.717) is 18.8 Å². The predicted molar refractivity (Wildman–Crippen MR) is 160 cm³/mol. The van der Waals surface area contributed by atoms with Crippen LogP contribution in [0.4, 0.5) is 18.9 Å². The van der Waals surface area contributed by atoms with Crippen LogP contribution in [-0.2, 0) is 22.4 Å². The number of alkyl halides is 3. The van der Waals surface area contributed by atoms with Gasteiger partial charge in [0.2, 0.25) is 11.8 Å². The number of H-pyrrole nitrogens is 1. The molecule has 6 nitrogen and oxygen atoms in total. The molecule has 2 amide bonds. The summed E-state index contributed by atoms with van der Waals surface area (Å²) in [7, 11) is 0. The number of ether oxygens (including phenoxy) is 1. The van der Waals surface area contributed by atoms with E-state index in [-0.39, 0.29) is 33.8 Å². The van der Waals surface area contributed by atoms with Gasteiger partial charge in [0, 0.05) is 16.0 Å². The number of thiazole rings is 1. The van der Waals surface area contributed by atoms with Crippen molar-refractivity contribution in [3.63, 3.8) is 0 Å². The van der Waals surface area contributed by atoms with Crippen molar-refractivity contribution in [1.29, 1.82) is 0 Å². The van der Waals surface area contributed by atoms with Gasteiger partial charge in [-0.15, -0.1) is 11.8 Å². The number of imide groups is 1. The number of aromatic nitrogens is 1. The SMILES string of the molecule is O=C1[C@H]2[C@H]3C[C@@H]([C@@H]2C(=O)N1c1ccccc1C(F)(F)F)[C@H]1[C@H](c2cccc(OCc4ccccc4)c2)c2sc(=O)[nH]c2S[C@H]31. The highest BCUT2D eigenvalue weighted by Crippen LogP contribution is 2.69. The Morgan fingerprint density at radius 2 is 1.61 bits per heavy atom. The van der Waals surface area contributed by atoms with Crippen molar-refractivity contribution >= 4 is 40.6 Å². The predicted octanol–water partition coefficient (Wildman–Crippen LogP) is 6.71. The van der Waals surface area contributed by atoms with Crippen molar-refractivity contribution in [2.45, 2.75) is 35.4 Å². The molecule has 2 saturated carbocycles. The Morgan fingerprint density at radius 1 is 0.886 bits per heavy atom. The van der Waals surface area contributed by atoms with Gasteiger partial charge in [-0.05, 0) is 59.6 Å². The Hall–Kier alpha value is -3.83. The van der Waals surface area contributed by atoms with Crippen molar-refractivity contribution in [2.24, 2.45) is 29.6 Å². The summed E-state index contributed by atoms with van der Waals surface area (Å²) >= 11 is 2.69. The van der Waals surface area contributed by atoms with E-state index in [9.17, 15) is 27.6 Å². The third kappa shape index (κ3) is 4.19. The van der Waals surface area contributed by atoms with Gasteiger partial charge < -0.3 is 9.72 Å². The van der Waals surface area contributed by atoms with Crippen LogP contribution in [0.25, 0.3) is 0 Å². The number of fused-ring (bicyclic) bond motifs is 9. The van der Waals surface area contributed by atoms with Gasteiger partial charge in [-0.3, -0.25) is 14.4 Å². The van der Waals surface area contributed by atoms with Gasteiger partial charge in [-0.1, -0.05) is 65.9 Å². The van der Waals surface area contributed by atoms with Gasteiger partial charge in [0.25, 0.3) is 0 Å². The van der Waals surface area contributed by atoms with Crippen LogP contribution >= 0.6 is 23.1 Å². The molecule has 0 unspecified atom stereocenters. The average molecular weight is 635 g/mol. The molecule has 3 fully saturated rings. The van der Waals surface area contributed by atoms with Crippen LogP contribution in [0.2, 0.25) is 0 Å². The second-order valence-corrected chi connectivity index (χ2v) is 14.0. The van der Waals surface area contributed by atoms with E-state index in [1.165, 1.54) is 30.0 Å². The Morgan fingerprint density at radius 3 is 2.39 bits per heavy atom. The number of nitrogens with zero attached hydrogens (tertiary/aromatic N) is 1. The van der Waals surface area contributed by atoms with Crippen molar-refractivity contribution in [2.75, 3.05) is 4.90 Å². The highest BCUT2D eigenvalue weighted by Gasteiger charge is 2.70. The van der Waals surface area contributed by atoms with Gasteiger partial charge in [-0.25, -0.2) is 4.90 Å². The van der Waals surface area contributed by atoms with E-state index in [1.807, 2.05) is 54.6 Å². The molecule has 44 heavy (non-hydrogen) atoms. The van der Waals surface area contributed by atoms with E-state index >= 15 is 0 Å². The molecule has 3 aromatic carbocycles. The number of benzene rings is 3. The van der Waals surface area contributed by atoms with Gasteiger partial charge in [-0.2, -0.15) is 13.2 Å². The molecular formula is C33H25F3N2O4S2. The smallest absolute Gasteiger partial charge is 0.418 e. The summed E-state index contributed by atoms with van der Waals surface area (Å²) < 4.78 is 47.9. The van der Waals surface area contributed by atoms with Crippen molar-refractivity contribution in [3.8, 4) is 5.75 Å². The Labute approximate surface area is 258 Å². The number of hydrogen-bond acceptors (Lipinski definition) is 6. The van der Waals surface area contributed by atoms with E-state index in [1.54, 1.807) is 0 Å². The largest absolute Gasteiger partial charge is 0.489 e. The molecule has 2 bridgehead atoms. The van der Waals surface area contributed by atoms with E-state index in [4.69, 9.17) is 4.74 Å². The van der Waals surface area contributed by atoms with Crippen molar-refractivity contribution in [3.05, 3.63) is 110 Å². The number of nitrogens with one attached hydrogen (secondary N) is 1. The van der Waals surface area contributed by atoms with E-state index in [2.05, 4.69) is 4.98 Å². The first-order valence-corrected chi connectivity index (χ1v) is 16.1. The molecule has 0 radical (unpaired) electrons. The number of rotatable bonds is 5. The number of carbonyl (C=O) groups excluding carboxylic acids is 2. The summed E-state index contributed by atoms with van der Waals surface area (Å²) in [5.41, 5.74) is 0.578. The fraction of sp³-hybridized carbons (Fsp3) is 0.303. The van der Waals surface area contributed by atoms with Gasteiger partial charge in [0.1, 0.15) is 12.4 Å². The lowest BCUT2D eigenvalue weighted by Gasteiger charge is -2.43. The summed E-state index contributed by atoms with van der Waals surface area (Å²) in [5, 5.41) is 0.689. The molecule has 4 aliphatic rings. The molecule has 8 rings (SSSR count). The Kier molecular flexibility index (Phi) is 6.36. The van der Waals surface area contributed by atoms with Crippen LogP contribution in [0.1, 0.15) is 33.9 Å². The van der Waals surface area contributed by atoms with Crippen LogP contribution in [-0.4, -0.2) is 22.0 Å².